The number of carbonyl (C=O) groups excluding carboxylic acids is 2. The minimum Gasteiger partial charge on any atom is -0.354 e. The third kappa shape index (κ3) is 7.45. The minimum atomic E-state index is -0.239. The zero-order valence-corrected chi connectivity index (χ0v) is 20.8. The second kappa shape index (κ2) is 12.0. The Morgan fingerprint density at radius 3 is 2.64 bits per heavy atom. The second-order valence-electron chi connectivity index (χ2n) is 7.63. The average molecular weight is 505 g/mol. The first-order valence-corrected chi connectivity index (χ1v) is 12.3. The molecule has 2 amide bonds. The largest absolute Gasteiger partial charge is 0.354 e. The molecular weight excluding hydrogens is 479 g/mol. The SMILES string of the molecule is CCC(C)NC(=O)CCN(Cc1ccccc1)C(=O)c1csc(Nc2cc(Cl)ccc2Cl)n1. The molecule has 174 valence electrons. The van der Waals surface area contributed by atoms with Gasteiger partial charge in [0.15, 0.2) is 5.13 Å². The molecule has 0 radical (unpaired) electrons. The van der Waals surface area contributed by atoms with Crippen molar-refractivity contribution < 1.29 is 9.59 Å². The smallest absolute Gasteiger partial charge is 0.273 e. The van der Waals surface area contributed by atoms with Crippen molar-refractivity contribution in [3.63, 3.8) is 0 Å². The van der Waals surface area contributed by atoms with Crippen LogP contribution >= 0.6 is 34.5 Å². The molecule has 9 heteroatoms. The van der Waals surface area contributed by atoms with Crippen LogP contribution in [-0.2, 0) is 11.3 Å². The summed E-state index contributed by atoms with van der Waals surface area (Å²) in [5.41, 5.74) is 1.90. The van der Waals surface area contributed by atoms with E-state index in [-0.39, 0.29) is 30.8 Å². The molecule has 3 aromatic rings. The van der Waals surface area contributed by atoms with E-state index in [1.807, 2.05) is 44.2 Å². The van der Waals surface area contributed by atoms with Gasteiger partial charge in [-0.3, -0.25) is 9.59 Å². The number of aromatic nitrogens is 1. The van der Waals surface area contributed by atoms with Gasteiger partial charge in [-0.05, 0) is 37.1 Å². The molecule has 0 aliphatic heterocycles. The summed E-state index contributed by atoms with van der Waals surface area (Å²) in [6, 6.07) is 14.9. The summed E-state index contributed by atoms with van der Waals surface area (Å²) in [6.45, 7) is 4.65. The molecule has 2 aromatic carbocycles. The van der Waals surface area contributed by atoms with Gasteiger partial charge in [0.25, 0.3) is 5.91 Å². The first-order valence-electron chi connectivity index (χ1n) is 10.7. The lowest BCUT2D eigenvalue weighted by atomic mass is 10.2. The quantitative estimate of drug-likeness (QED) is 0.347. The van der Waals surface area contributed by atoms with Crippen LogP contribution in [0.1, 0.15) is 42.7 Å². The second-order valence-corrected chi connectivity index (χ2v) is 9.33. The monoisotopic (exact) mass is 504 g/mol. The Labute approximate surface area is 207 Å². The van der Waals surface area contributed by atoms with Gasteiger partial charge >= 0.3 is 0 Å². The Hall–Kier alpha value is -2.61. The molecule has 2 N–H and O–H groups in total. The van der Waals surface area contributed by atoms with Crippen LogP contribution in [0.4, 0.5) is 10.8 Å². The summed E-state index contributed by atoms with van der Waals surface area (Å²) in [4.78, 5) is 31.7. The molecule has 3 rings (SSSR count). The van der Waals surface area contributed by atoms with Crippen LogP contribution in [0.25, 0.3) is 0 Å². The normalized spacial score (nSPS) is 11.6. The standard InChI is InChI=1S/C24H26Cl2N4O2S/c1-3-16(2)27-22(31)11-12-30(14-17-7-5-4-6-8-17)23(32)21-15-33-24(29-21)28-20-13-18(25)9-10-19(20)26/h4-10,13,15-16H,3,11-12,14H2,1-2H3,(H,27,31)(H,28,29). The van der Waals surface area contributed by atoms with Crippen molar-refractivity contribution in [3.8, 4) is 0 Å². The summed E-state index contributed by atoms with van der Waals surface area (Å²) >= 11 is 13.6. The molecule has 6 nitrogen and oxygen atoms in total. The number of benzene rings is 2. The van der Waals surface area contributed by atoms with E-state index in [1.165, 1.54) is 11.3 Å². The van der Waals surface area contributed by atoms with E-state index in [0.717, 1.165) is 12.0 Å². The number of rotatable bonds is 10. The lowest BCUT2D eigenvalue weighted by molar-refractivity contribution is -0.121. The fourth-order valence-electron chi connectivity index (χ4n) is 3.04. The molecule has 0 bridgehead atoms. The zero-order valence-electron chi connectivity index (χ0n) is 18.5. The van der Waals surface area contributed by atoms with Gasteiger partial charge in [-0.1, -0.05) is 60.5 Å². The van der Waals surface area contributed by atoms with Crippen molar-refractivity contribution >= 4 is 57.2 Å². The molecule has 0 fully saturated rings. The van der Waals surface area contributed by atoms with E-state index < -0.39 is 0 Å². The number of hydrogen-bond acceptors (Lipinski definition) is 5. The maximum atomic E-state index is 13.3. The van der Waals surface area contributed by atoms with Gasteiger partial charge in [0, 0.05) is 36.0 Å². The summed E-state index contributed by atoms with van der Waals surface area (Å²) in [5, 5.41) is 9.32. The van der Waals surface area contributed by atoms with Crippen LogP contribution in [0.15, 0.2) is 53.9 Å². The topological polar surface area (TPSA) is 74.3 Å². The number of halogens is 2. The van der Waals surface area contributed by atoms with E-state index in [2.05, 4.69) is 15.6 Å². The molecule has 0 saturated carbocycles. The van der Waals surface area contributed by atoms with E-state index >= 15 is 0 Å². The third-order valence-corrected chi connectivity index (χ3v) is 6.35. The molecule has 33 heavy (non-hydrogen) atoms. The summed E-state index contributed by atoms with van der Waals surface area (Å²) in [7, 11) is 0. The molecule has 0 spiro atoms. The Balaban J connectivity index is 1.73. The van der Waals surface area contributed by atoms with Gasteiger partial charge < -0.3 is 15.5 Å². The summed E-state index contributed by atoms with van der Waals surface area (Å²) in [6.07, 6.45) is 1.07. The van der Waals surface area contributed by atoms with Crippen LogP contribution in [0.2, 0.25) is 10.0 Å². The van der Waals surface area contributed by atoms with Crippen molar-refractivity contribution in [2.75, 3.05) is 11.9 Å². The van der Waals surface area contributed by atoms with Gasteiger partial charge in [-0.2, -0.15) is 0 Å². The van der Waals surface area contributed by atoms with Crippen molar-refractivity contribution in [1.82, 2.24) is 15.2 Å². The number of anilines is 2. The molecule has 0 aliphatic rings. The Bertz CT molecular complexity index is 1090. The molecule has 1 aromatic heterocycles. The molecule has 0 saturated heterocycles. The fraction of sp³-hybridized carbons (Fsp3) is 0.292. The maximum absolute atomic E-state index is 13.3. The van der Waals surface area contributed by atoms with Crippen LogP contribution in [0.3, 0.4) is 0 Å². The number of thiazole rings is 1. The average Bonchev–Trinajstić information content (AvgIpc) is 3.27. The first-order chi connectivity index (χ1) is 15.9. The first kappa shape index (κ1) is 25.0. The Morgan fingerprint density at radius 2 is 1.91 bits per heavy atom. The summed E-state index contributed by atoms with van der Waals surface area (Å²) < 4.78 is 0. The predicted octanol–water partition coefficient (Wildman–Crippen LogP) is 6.14. The maximum Gasteiger partial charge on any atom is 0.273 e. The number of nitrogens with one attached hydrogen (secondary N) is 2. The van der Waals surface area contributed by atoms with Crippen LogP contribution in [0.5, 0.6) is 0 Å². The highest BCUT2D eigenvalue weighted by atomic mass is 35.5. The van der Waals surface area contributed by atoms with Crippen LogP contribution < -0.4 is 10.6 Å². The zero-order chi connectivity index (χ0) is 23.8. The van der Waals surface area contributed by atoms with E-state index in [1.54, 1.807) is 28.5 Å². The highest BCUT2D eigenvalue weighted by Gasteiger charge is 2.21. The molecule has 0 aliphatic carbocycles. The minimum absolute atomic E-state index is 0.0774. The number of hydrogen-bond donors (Lipinski definition) is 2. The highest BCUT2D eigenvalue weighted by molar-refractivity contribution is 7.14. The van der Waals surface area contributed by atoms with Gasteiger partial charge in [0.1, 0.15) is 5.69 Å². The number of nitrogens with zero attached hydrogens (tertiary/aromatic N) is 2. The van der Waals surface area contributed by atoms with E-state index in [0.29, 0.717) is 33.1 Å². The lowest BCUT2D eigenvalue weighted by Crippen LogP contribution is -2.37. The van der Waals surface area contributed by atoms with Crippen LogP contribution in [-0.4, -0.2) is 34.3 Å². The van der Waals surface area contributed by atoms with Gasteiger partial charge in [-0.15, -0.1) is 11.3 Å². The number of amides is 2. The van der Waals surface area contributed by atoms with Gasteiger partial charge in [0.05, 0.1) is 10.7 Å². The Kier molecular flexibility index (Phi) is 9.11. The molecule has 1 heterocycles. The number of carbonyl (C=O) groups is 2. The summed E-state index contributed by atoms with van der Waals surface area (Å²) in [5.74, 6) is -0.317. The van der Waals surface area contributed by atoms with Gasteiger partial charge in [-0.25, -0.2) is 4.98 Å². The van der Waals surface area contributed by atoms with Crippen molar-refractivity contribution in [2.45, 2.75) is 39.3 Å². The van der Waals surface area contributed by atoms with E-state index in [4.69, 9.17) is 23.2 Å². The highest BCUT2D eigenvalue weighted by Crippen LogP contribution is 2.30. The third-order valence-electron chi connectivity index (χ3n) is 5.03. The van der Waals surface area contributed by atoms with Crippen molar-refractivity contribution in [3.05, 3.63) is 75.2 Å². The molecule has 1 unspecified atom stereocenters. The Morgan fingerprint density at radius 1 is 1.15 bits per heavy atom. The molecule has 1 atom stereocenters. The lowest BCUT2D eigenvalue weighted by Gasteiger charge is -2.22. The predicted molar refractivity (Wildman–Crippen MR) is 136 cm³/mol. The van der Waals surface area contributed by atoms with Crippen molar-refractivity contribution in [2.24, 2.45) is 0 Å². The molecular formula is C24H26Cl2N4O2S. The van der Waals surface area contributed by atoms with Gasteiger partial charge in [0.2, 0.25) is 5.91 Å². The van der Waals surface area contributed by atoms with Crippen LogP contribution in [0, 0.1) is 0 Å². The van der Waals surface area contributed by atoms with E-state index in [9.17, 15) is 9.59 Å². The van der Waals surface area contributed by atoms with Crippen molar-refractivity contribution in [1.29, 1.82) is 0 Å². The fourth-order valence-corrected chi connectivity index (χ4v) is 4.08.